The molecular weight excluding hydrogens is 256 g/mol. The van der Waals surface area contributed by atoms with Gasteiger partial charge in [-0.3, -0.25) is 0 Å². The lowest BCUT2D eigenvalue weighted by atomic mass is 10.3. The molecule has 2 rings (SSSR count). The van der Waals surface area contributed by atoms with Crippen LogP contribution in [-0.4, -0.2) is 18.7 Å². The molecule has 6 nitrogen and oxygen atoms in total. The van der Waals surface area contributed by atoms with E-state index in [0.717, 1.165) is 0 Å². The smallest absolute Gasteiger partial charge is 0.244 e. The van der Waals surface area contributed by atoms with Gasteiger partial charge in [0.1, 0.15) is 16.4 Å². The third kappa shape index (κ3) is 2.69. The highest BCUT2D eigenvalue weighted by Crippen LogP contribution is 2.21. The molecule has 0 saturated carbocycles. The fourth-order valence-corrected chi connectivity index (χ4v) is 2.53. The van der Waals surface area contributed by atoms with Crippen LogP contribution in [0.2, 0.25) is 0 Å². The van der Waals surface area contributed by atoms with Crippen LogP contribution in [0.1, 0.15) is 11.5 Å². The van der Waals surface area contributed by atoms with Gasteiger partial charge in [-0.25, -0.2) is 13.1 Å². The van der Waals surface area contributed by atoms with Crippen molar-refractivity contribution < 1.29 is 18.0 Å². The van der Waals surface area contributed by atoms with E-state index in [2.05, 4.69) is 9.88 Å². The van der Waals surface area contributed by atoms with E-state index in [1.54, 1.807) is 19.1 Å². The predicted octanol–water partition coefficient (Wildman–Crippen LogP) is 1.17. The molecule has 0 aliphatic heterocycles. The van der Waals surface area contributed by atoms with E-state index in [-0.39, 0.29) is 17.2 Å². The summed E-state index contributed by atoms with van der Waals surface area (Å²) < 4.78 is 31.0. The third-order valence-corrected chi connectivity index (χ3v) is 3.72. The molecule has 0 fully saturated rings. The minimum Gasteiger partial charge on any atom is -0.507 e. The summed E-state index contributed by atoms with van der Waals surface area (Å²) in [6.07, 6.45) is 0. The number of benzene rings is 1. The molecule has 2 aromatic rings. The second-order valence-electron chi connectivity index (χ2n) is 3.72. The molecule has 0 aliphatic carbocycles. The van der Waals surface area contributed by atoms with Crippen LogP contribution in [0, 0.1) is 6.92 Å². The molecule has 0 atom stereocenters. The van der Waals surface area contributed by atoms with Crippen molar-refractivity contribution in [3.8, 4) is 5.75 Å². The second-order valence-corrected chi connectivity index (χ2v) is 5.46. The van der Waals surface area contributed by atoms with E-state index in [1.807, 2.05) is 0 Å². The van der Waals surface area contributed by atoms with Crippen LogP contribution in [0.5, 0.6) is 5.75 Å². The summed E-state index contributed by atoms with van der Waals surface area (Å²) in [5.74, 6) is 0.313. The fraction of sp³-hybridized carbons (Fsp3) is 0.182. The lowest BCUT2D eigenvalue weighted by Gasteiger charge is -2.06. The molecule has 18 heavy (non-hydrogen) atoms. The van der Waals surface area contributed by atoms with Crippen LogP contribution in [0.15, 0.2) is 39.8 Å². The van der Waals surface area contributed by atoms with Gasteiger partial charge >= 0.3 is 0 Å². The van der Waals surface area contributed by atoms with Crippen molar-refractivity contribution in [3.05, 3.63) is 41.8 Å². The number of nitrogens with zero attached hydrogens (tertiary/aromatic N) is 1. The Morgan fingerprint density at radius 1 is 1.39 bits per heavy atom. The first-order chi connectivity index (χ1) is 8.49. The number of rotatable bonds is 4. The monoisotopic (exact) mass is 268 g/mol. The molecule has 96 valence electrons. The van der Waals surface area contributed by atoms with Crippen LogP contribution in [0.25, 0.3) is 0 Å². The van der Waals surface area contributed by atoms with E-state index >= 15 is 0 Å². The maximum atomic E-state index is 11.9. The van der Waals surface area contributed by atoms with E-state index < -0.39 is 10.0 Å². The highest BCUT2D eigenvalue weighted by molar-refractivity contribution is 7.89. The molecule has 0 amide bonds. The molecule has 1 heterocycles. The maximum absolute atomic E-state index is 11.9. The topological polar surface area (TPSA) is 92.4 Å². The van der Waals surface area contributed by atoms with Gasteiger partial charge in [0.25, 0.3) is 0 Å². The van der Waals surface area contributed by atoms with Crippen LogP contribution < -0.4 is 4.72 Å². The number of hydrogen-bond donors (Lipinski definition) is 2. The van der Waals surface area contributed by atoms with Crippen molar-refractivity contribution in [3.63, 3.8) is 0 Å². The van der Waals surface area contributed by atoms with Crippen molar-refractivity contribution in [1.29, 1.82) is 0 Å². The van der Waals surface area contributed by atoms with Gasteiger partial charge in [-0.2, -0.15) is 0 Å². The molecule has 7 heteroatoms. The minimum atomic E-state index is -3.76. The Labute approximate surface area is 104 Å². The third-order valence-electron chi connectivity index (χ3n) is 2.27. The Morgan fingerprint density at radius 2 is 2.11 bits per heavy atom. The van der Waals surface area contributed by atoms with Crippen LogP contribution in [0.3, 0.4) is 0 Å². The lowest BCUT2D eigenvalue weighted by Crippen LogP contribution is -2.23. The number of phenolic OH excluding ortho intramolecular Hbond substituents is 1. The zero-order valence-corrected chi connectivity index (χ0v) is 10.4. The fourth-order valence-electron chi connectivity index (χ4n) is 1.43. The van der Waals surface area contributed by atoms with E-state index in [9.17, 15) is 13.5 Å². The molecule has 0 bridgehead atoms. The van der Waals surface area contributed by atoms with Crippen molar-refractivity contribution >= 4 is 10.0 Å². The number of para-hydroxylation sites is 1. The lowest BCUT2D eigenvalue weighted by molar-refractivity contribution is 0.390. The SMILES string of the molecule is Cc1cc(CNS(=O)(=O)c2ccccc2O)no1. The van der Waals surface area contributed by atoms with Gasteiger partial charge in [0.15, 0.2) is 0 Å². The molecule has 0 radical (unpaired) electrons. The number of phenols is 1. The number of sulfonamides is 1. The largest absolute Gasteiger partial charge is 0.507 e. The summed E-state index contributed by atoms with van der Waals surface area (Å²) in [7, 11) is -3.76. The van der Waals surface area contributed by atoms with E-state index in [4.69, 9.17) is 4.52 Å². The summed E-state index contributed by atoms with van der Waals surface area (Å²) in [6.45, 7) is 1.72. The van der Waals surface area contributed by atoms with Crippen molar-refractivity contribution in [2.45, 2.75) is 18.4 Å². The Kier molecular flexibility index (Phi) is 3.35. The average molecular weight is 268 g/mol. The maximum Gasteiger partial charge on any atom is 0.244 e. The molecule has 1 aromatic heterocycles. The molecular formula is C11H12N2O4S. The number of aryl methyl sites for hydroxylation is 1. The van der Waals surface area contributed by atoms with E-state index in [1.165, 1.54) is 18.2 Å². The minimum absolute atomic E-state index is 0.00794. The molecule has 0 saturated heterocycles. The summed E-state index contributed by atoms with van der Waals surface area (Å²) in [5.41, 5.74) is 0.478. The first-order valence-electron chi connectivity index (χ1n) is 5.19. The first-order valence-corrected chi connectivity index (χ1v) is 6.67. The molecule has 0 spiro atoms. The molecule has 2 N–H and O–H groups in total. The van der Waals surface area contributed by atoms with Gasteiger partial charge in [-0.05, 0) is 19.1 Å². The summed E-state index contributed by atoms with van der Waals surface area (Å²) in [6, 6.07) is 7.36. The number of aromatic nitrogens is 1. The van der Waals surface area contributed by atoms with Crippen LogP contribution in [-0.2, 0) is 16.6 Å². The Bertz CT molecular complexity index is 649. The normalized spacial score (nSPS) is 11.6. The molecule has 1 aromatic carbocycles. The van der Waals surface area contributed by atoms with Gasteiger partial charge in [0, 0.05) is 6.07 Å². The highest BCUT2D eigenvalue weighted by atomic mass is 32.2. The van der Waals surface area contributed by atoms with Crippen molar-refractivity contribution in [2.75, 3.05) is 0 Å². The number of aromatic hydroxyl groups is 1. The average Bonchev–Trinajstić information content (AvgIpc) is 2.73. The number of hydrogen-bond acceptors (Lipinski definition) is 5. The van der Waals surface area contributed by atoms with Gasteiger partial charge < -0.3 is 9.63 Å². The van der Waals surface area contributed by atoms with E-state index in [0.29, 0.717) is 11.5 Å². The zero-order valence-electron chi connectivity index (χ0n) is 9.62. The Morgan fingerprint density at radius 3 is 2.72 bits per heavy atom. The predicted molar refractivity (Wildman–Crippen MR) is 63.4 cm³/mol. The van der Waals surface area contributed by atoms with Crippen molar-refractivity contribution in [1.82, 2.24) is 9.88 Å². The summed E-state index contributed by atoms with van der Waals surface area (Å²) in [5, 5.41) is 13.2. The molecule has 0 aliphatic rings. The summed E-state index contributed by atoms with van der Waals surface area (Å²) >= 11 is 0. The Balaban J connectivity index is 2.16. The Hall–Kier alpha value is -1.86. The quantitative estimate of drug-likeness (QED) is 0.868. The van der Waals surface area contributed by atoms with Gasteiger partial charge in [0.05, 0.1) is 12.2 Å². The molecule has 0 unspecified atom stereocenters. The summed E-state index contributed by atoms with van der Waals surface area (Å²) in [4.78, 5) is -0.162. The standard InChI is InChI=1S/C11H12N2O4S/c1-8-6-9(13-17-8)7-12-18(15,16)11-5-3-2-4-10(11)14/h2-6,12,14H,7H2,1H3. The van der Waals surface area contributed by atoms with Crippen LogP contribution in [0.4, 0.5) is 0 Å². The first kappa shape index (κ1) is 12.6. The van der Waals surface area contributed by atoms with Gasteiger partial charge in [-0.15, -0.1) is 0 Å². The zero-order chi connectivity index (χ0) is 13.2. The second kappa shape index (κ2) is 4.79. The van der Waals surface area contributed by atoms with Crippen LogP contribution >= 0.6 is 0 Å². The number of nitrogens with one attached hydrogen (secondary N) is 1. The van der Waals surface area contributed by atoms with Gasteiger partial charge in [-0.1, -0.05) is 17.3 Å². The highest BCUT2D eigenvalue weighted by Gasteiger charge is 2.18. The van der Waals surface area contributed by atoms with Crippen molar-refractivity contribution in [2.24, 2.45) is 0 Å². The van der Waals surface area contributed by atoms with Gasteiger partial charge in [0.2, 0.25) is 10.0 Å².